The monoisotopic (exact) mass is 317 g/mol. The van der Waals surface area contributed by atoms with E-state index in [4.69, 9.17) is 10.5 Å². The van der Waals surface area contributed by atoms with Gasteiger partial charge in [-0.3, -0.25) is 0 Å². The maximum Gasteiger partial charge on any atom is 0.119 e. The summed E-state index contributed by atoms with van der Waals surface area (Å²) in [6.07, 6.45) is 11.3. The Kier molecular flexibility index (Phi) is 6.67. The molecule has 23 heavy (non-hydrogen) atoms. The molecule has 0 aliphatic heterocycles. The fourth-order valence-corrected chi connectivity index (χ4v) is 3.09. The highest BCUT2D eigenvalue weighted by Gasteiger charge is 2.26. The lowest BCUT2D eigenvalue weighted by Gasteiger charge is -2.25. The van der Waals surface area contributed by atoms with Crippen LogP contribution in [0.5, 0.6) is 5.75 Å². The van der Waals surface area contributed by atoms with Crippen LogP contribution in [0.25, 0.3) is 6.08 Å². The Morgan fingerprint density at radius 3 is 2.74 bits per heavy atom. The van der Waals surface area contributed by atoms with E-state index in [0.717, 1.165) is 25.2 Å². The summed E-state index contributed by atoms with van der Waals surface area (Å²) in [5.74, 6) is 1.23. The van der Waals surface area contributed by atoms with Crippen LogP contribution in [0, 0.1) is 0 Å². The van der Waals surface area contributed by atoms with Gasteiger partial charge in [-0.15, -0.1) is 0 Å². The molecule has 3 heteroatoms. The van der Waals surface area contributed by atoms with E-state index in [9.17, 15) is 5.11 Å². The average Bonchev–Trinajstić information content (AvgIpc) is 2.92. The number of nitrogens with two attached hydrogens (primary N) is 1. The molecule has 2 atom stereocenters. The van der Waals surface area contributed by atoms with Gasteiger partial charge in [0.2, 0.25) is 0 Å². The van der Waals surface area contributed by atoms with E-state index in [-0.39, 0.29) is 12.5 Å². The quantitative estimate of drug-likeness (QED) is 0.634. The van der Waals surface area contributed by atoms with Crippen LogP contribution in [0.15, 0.2) is 24.3 Å². The van der Waals surface area contributed by atoms with Crippen molar-refractivity contribution < 1.29 is 9.84 Å². The molecular weight excluding hydrogens is 286 g/mol. The number of ether oxygens (including phenoxy) is 1. The third kappa shape index (κ3) is 5.36. The predicted octanol–water partition coefficient (Wildman–Crippen LogP) is 4.25. The summed E-state index contributed by atoms with van der Waals surface area (Å²) in [6, 6.07) is 6.31. The topological polar surface area (TPSA) is 55.5 Å². The largest absolute Gasteiger partial charge is 0.494 e. The fraction of sp³-hybridized carbons (Fsp3) is 0.600. The molecule has 1 aromatic carbocycles. The minimum Gasteiger partial charge on any atom is -0.494 e. The van der Waals surface area contributed by atoms with Crippen molar-refractivity contribution in [3.63, 3.8) is 0 Å². The number of fused-ring (bicyclic) bond motifs is 1. The third-order valence-electron chi connectivity index (χ3n) is 4.53. The smallest absolute Gasteiger partial charge is 0.119 e. The van der Waals surface area contributed by atoms with Crippen molar-refractivity contribution >= 4 is 6.08 Å². The first kappa shape index (κ1) is 18.0. The first-order valence-electron chi connectivity index (χ1n) is 8.90. The lowest BCUT2D eigenvalue weighted by molar-refractivity contribution is 0.197. The zero-order chi connectivity index (χ0) is 16.7. The van der Waals surface area contributed by atoms with Crippen LogP contribution in [0.4, 0.5) is 0 Å². The number of aliphatic hydroxyl groups is 1. The highest BCUT2D eigenvalue weighted by Crippen LogP contribution is 2.36. The Bertz CT molecular complexity index is 522. The van der Waals surface area contributed by atoms with Gasteiger partial charge in [0.1, 0.15) is 5.75 Å². The predicted molar refractivity (Wildman–Crippen MR) is 96.8 cm³/mol. The van der Waals surface area contributed by atoms with Crippen molar-refractivity contribution in [1.29, 1.82) is 0 Å². The van der Waals surface area contributed by atoms with E-state index in [1.807, 2.05) is 6.92 Å². The molecule has 0 radical (unpaired) electrons. The van der Waals surface area contributed by atoms with Crippen LogP contribution < -0.4 is 10.5 Å². The van der Waals surface area contributed by atoms with Crippen molar-refractivity contribution in [1.82, 2.24) is 0 Å². The molecule has 3 N–H and O–H groups in total. The number of unbranched alkanes of at least 4 members (excludes halogenated alkanes) is 4. The maximum atomic E-state index is 9.35. The van der Waals surface area contributed by atoms with Crippen LogP contribution >= 0.6 is 0 Å². The highest BCUT2D eigenvalue weighted by molar-refractivity contribution is 5.64. The first-order valence-corrected chi connectivity index (χ1v) is 8.90. The number of hydrogen-bond donors (Lipinski definition) is 2. The lowest BCUT2D eigenvalue weighted by Crippen LogP contribution is -2.41. The lowest BCUT2D eigenvalue weighted by atomic mass is 9.87. The maximum absolute atomic E-state index is 9.35. The molecule has 128 valence electrons. The third-order valence-corrected chi connectivity index (χ3v) is 4.53. The summed E-state index contributed by atoms with van der Waals surface area (Å²) in [7, 11) is 0. The molecule has 0 aromatic heterocycles. The Morgan fingerprint density at radius 2 is 2.00 bits per heavy atom. The molecule has 1 unspecified atom stereocenters. The number of hydrogen-bond acceptors (Lipinski definition) is 3. The molecule has 1 aliphatic carbocycles. The number of aliphatic hydroxyl groups excluding tert-OH is 1. The van der Waals surface area contributed by atoms with E-state index >= 15 is 0 Å². The molecule has 0 amide bonds. The average molecular weight is 317 g/mol. The van der Waals surface area contributed by atoms with E-state index in [1.165, 1.54) is 36.8 Å². The van der Waals surface area contributed by atoms with Gasteiger partial charge >= 0.3 is 0 Å². The molecule has 3 nitrogen and oxygen atoms in total. The van der Waals surface area contributed by atoms with E-state index < -0.39 is 5.54 Å². The molecule has 1 aromatic rings. The Hall–Kier alpha value is -1.32. The molecule has 0 saturated heterocycles. The van der Waals surface area contributed by atoms with Crippen molar-refractivity contribution in [3.05, 3.63) is 35.4 Å². The molecule has 2 rings (SSSR count). The number of allylic oxidation sites excluding steroid dienone is 1. The van der Waals surface area contributed by atoms with Gasteiger partial charge in [0.05, 0.1) is 13.2 Å². The Balaban J connectivity index is 1.85. The molecule has 0 fully saturated rings. The van der Waals surface area contributed by atoms with Crippen molar-refractivity contribution in [2.24, 2.45) is 5.73 Å². The van der Waals surface area contributed by atoms with Gasteiger partial charge in [-0.25, -0.2) is 0 Å². The van der Waals surface area contributed by atoms with Gasteiger partial charge in [-0.2, -0.15) is 0 Å². The SMILES string of the molecule is CCCCCCCOc1ccc2c(c1)C=C[C@@H]2CC(C)(N)CO. The minimum absolute atomic E-state index is 0.00585. The highest BCUT2D eigenvalue weighted by atomic mass is 16.5. The second-order valence-corrected chi connectivity index (χ2v) is 7.04. The van der Waals surface area contributed by atoms with Crippen LogP contribution in [0.3, 0.4) is 0 Å². The zero-order valence-electron chi connectivity index (χ0n) is 14.6. The number of benzene rings is 1. The van der Waals surface area contributed by atoms with Crippen LogP contribution in [-0.4, -0.2) is 23.9 Å². The summed E-state index contributed by atoms with van der Waals surface area (Å²) in [6.45, 7) is 4.93. The van der Waals surface area contributed by atoms with E-state index in [0.29, 0.717) is 0 Å². The molecule has 0 spiro atoms. The van der Waals surface area contributed by atoms with Crippen molar-refractivity contribution in [2.45, 2.75) is 63.8 Å². The summed E-state index contributed by atoms with van der Waals surface area (Å²) in [5.41, 5.74) is 8.05. The van der Waals surface area contributed by atoms with Crippen LogP contribution in [0.2, 0.25) is 0 Å². The van der Waals surface area contributed by atoms with E-state index in [1.54, 1.807) is 0 Å². The van der Waals surface area contributed by atoms with Gasteiger partial charge in [0, 0.05) is 11.5 Å². The van der Waals surface area contributed by atoms with Crippen molar-refractivity contribution in [3.8, 4) is 5.75 Å². The first-order chi connectivity index (χ1) is 11.1. The summed E-state index contributed by atoms with van der Waals surface area (Å²) < 4.78 is 5.87. The van der Waals surface area contributed by atoms with Crippen molar-refractivity contribution in [2.75, 3.05) is 13.2 Å². The van der Waals surface area contributed by atoms with Crippen LogP contribution in [0.1, 0.15) is 69.4 Å². The zero-order valence-corrected chi connectivity index (χ0v) is 14.6. The normalized spacial score (nSPS) is 18.7. The molecule has 1 aliphatic rings. The second-order valence-electron chi connectivity index (χ2n) is 7.04. The Labute approximate surface area is 140 Å². The minimum atomic E-state index is -0.537. The molecule has 0 saturated carbocycles. The molecular formula is C20H31NO2. The molecule has 0 heterocycles. The van der Waals surface area contributed by atoms with Gasteiger partial charge < -0.3 is 15.6 Å². The standard InChI is InChI=1S/C20H31NO2/c1-3-4-5-6-7-12-23-18-10-11-19-16(13-18)8-9-17(19)14-20(2,21)15-22/h8-11,13,17,22H,3-7,12,14-15,21H2,1-2H3/t17-,20?/m1/s1. The summed E-state index contributed by atoms with van der Waals surface area (Å²) in [4.78, 5) is 0. The van der Waals surface area contributed by atoms with Gasteiger partial charge in [-0.1, -0.05) is 50.8 Å². The Morgan fingerprint density at radius 1 is 1.22 bits per heavy atom. The van der Waals surface area contributed by atoms with Gasteiger partial charge in [0.15, 0.2) is 0 Å². The fourth-order valence-electron chi connectivity index (χ4n) is 3.09. The molecule has 0 bridgehead atoms. The summed E-state index contributed by atoms with van der Waals surface area (Å²) >= 11 is 0. The van der Waals surface area contributed by atoms with E-state index in [2.05, 4.69) is 37.3 Å². The van der Waals surface area contributed by atoms with Gasteiger partial charge in [-0.05, 0) is 43.0 Å². The van der Waals surface area contributed by atoms with Gasteiger partial charge in [0.25, 0.3) is 0 Å². The van der Waals surface area contributed by atoms with Crippen LogP contribution in [-0.2, 0) is 0 Å². The number of rotatable bonds is 10. The second kappa shape index (κ2) is 8.51. The summed E-state index contributed by atoms with van der Waals surface area (Å²) in [5, 5.41) is 9.35.